The van der Waals surface area contributed by atoms with E-state index in [0.717, 1.165) is 12.8 Å². The van der Waals surface area contributed by atoms with Crippen molar-refractivity contribution in [3.63, 3.8) is 0 Å². The minimum Gasteiger partial charge on any atom is -0.407 e. The van der Waals surface area contributed by atoms with Crippen LogP contribution in [0.2, 0.25) is 0 Å². The number of halogens is 4. The fourth-order valence-electron chi connectivity index (χ4n) is 4.63. The molecule has 2 N–H and O–H groups in total. The van der Waals surface area contributed by atoms with Gasteiger partial charge in [-0.3, -0.25) is 9.59 Å². The number of hydrogen-bond acceptors (Lipinski definition) is 11. The second-order valence-electron chi connectivity index (χ2n) is 9.72. The van der Waals surface area contributed by atoms with E-state index in [1.54, 1.807) is 0 Å². The summed E-state index contributed by atoms with van der Waals surface area (Å²) in [6.07, 6.45) is -1.66. The lowest BCUT2D eigenvalue weighted by Crippen LogP contribution is -2.52. The highest BCUT2D eigenvalue weighted by Gasteiger charge is 2.60. The van der Waals surface area contributed by atoms with E-state index in [-0.39, 0.29) is 40.4 Å². The highest BCUT2D eigenvalue weighted by atomic mass is 19.4. The van der Waals surface area contributed by atoms with Crippen molar-refractivity contribution < 1.29 is 36.3 Å². The summed E-state index contributed by atoms with van der Waals surface area (Å²) < 4.78 is 67.2. The molecule has 2 aliphatic rings. The fourth-order valence-corrected chi connectivity index (χ4v) is 4.63. The number of aryl methyl sites for hydroxylation is 1. The predicted octanol–water partition coefficient (Wildman–Crippen LogP) is 1.73. The van der Waals surface area contributed by atoms with Gasteiger partial charge in [0.1, 0.15) is 11.7 Å². The number of rotatable bonds is 8. The van der Waals surface area contributed by atoms with Crippen molar-refractivity contribution in [2.24, 2.45) is 0 Å². The Labute approximate surface area is 221 Å². The lowest BCUT2D eigenvalue weighted by molar-refractivity contribution is -0.155. The summed E-state index contributed by atoms with van der Waals surface area (Å²) in [6.45, 7) is 1.37. The van der Waals surface area contributed by atoms with Crippen molar-refractivity contribution in [3.8, 4) is 0 Å². The van der Waals surface area contributed by atoms with Crippen LogP contribution < -0.4 is 15.8 Å². The summed E-state index contributed by atoms with van der Waals surface area (Å²) >= 11 is 0. The minimum absolute atomic E-state index is 0.00285. The summed E-state index contributed by atoms with van der Waals surface area (Å²) in [5.41, 5.74) is -0.864. The normalized spacial score (nSPS) is 21.1. The molecule has 0 spiro atoms. The summed E-state index contributed by atoms with van der Waals surface area (Å²) in [6, 6.07) is -1.59. The van der Waals surface area contributed by atoms with Gasteiger partial charge in [-0.05, 0) is 29.6 Å². The van der Waals surface area contributed by atoms with Crippen LogP contribution in [0, 0.1) is 6.92 Å². The molecule has 1 saturated heterocycles. The van der Waals surface area contributed by atoms with Crippen LogP contribution >= 0.6 is 0 Å². The van der Waals surface area contributed by atoms with E-state index >= 15 is 4.48 Å². The molecule has 4 aromatic rings. The Hall–Kier alpha value is -4.64. The maximum Gasteiger partial charge on any atom is 0.408 e. The van der Waals surface area contributed by atoms with Gasteiger partial charge in [-0.15, -0.1) is 10.2 Å². The van der Waals surface area contributed by atoms with Crippen molar-refractivity contribution in [1.82, 2.24) is 45.7 Å². The molecular formula is C22H20F4N10O4. The van der Waals surface area contributed by atoms with Gasteiger partial charge in [0.15, 0.2) is 16.9 Å². The Morgan fingerprint density at radius 3 is 2.77 bits per heavy atom. The third-order valence-electron chi connectivity index (χ3n) is 6.77. The van der Waals surface area contributed by atoms with Gasteiger partial charge in [-0.1, -0.05) is 14.7 Å². The third-order valence-corrected chi connectivity index (χ3v) is 6.77. The molecule has 0 bridgehead atoms. The molecule has 2 atom stereocenters. The number of nitrogens with zero attached hydrogens (tertiary/aromatic N) is 8. The van der Waals surface area contributed by atoms with Gasteiger partial charge in [0.2, 0.25) is 11.8 Å². The van der Waals surface area contributed by atoms with E-state index < -0.39 is 48.4 Å². The molecule has 6 rings (SSSR count). The second kappa shape index (κ2) is 9.23. The van der Waals surface area contributed by atoms with Crippen molar-refractivity contribution in [1.29, 1.82) is 0 Å². The maximum atomic E-state index is 15.6. The molecule has 14 nitrogen and oxygen atoms in total. The van der Waals surface area contributed by atoms with Gasteiger partial charge in [-0.2, -0.15) is 18.3 Å². The standard InChI is InChI=1S/C22H20F4N10O4/c1-10-31-32-20(39-10)36(26)21(6-14(22(23,24)25)30-19(21)38)5-11-4-15-29-13(9-35(15)28-7-11)8-27-18(37)17-16(12-2-3-12)33-40-34-17/h4,7,9,12,14H,2-3,5-6,8H2,1H3,(H,27,37)(H,30,38)/t14?,21-/m1/s1. The molecule has 5 heterocycles. The smallest absolute Gasteiger partial charge is 0.407 e. The molecule has 1 aliphatic heterocycles. The zero-order valence-corrected chi connectivity index (χ0v) is 20.6. The molecule has 0 aromatic carbocycles. The molecular weight excluding hydrogens is 544 g/mol. The number of carbonyl (C=O) groups excluding carboxylic acids is 2. The van der Waals surface area contributed by atoms with Gasteiger partial charge >= 0.3 is 12.2 Å². The van der Waals surface area contributed by atoms with E-state index in [2.05, 4.69) is 35.9 Å². The van der Waals surface area contributed by atoms with Crippen LogP contribution in [0.25, 0.3) is 5.65 Å². The first kappa shape index (κ1) is 25.6. The number of imidazole rings is 1. The second-order valence-corrected chi connectivity index (χ2v) is 9.72. The molecule has 2 amide bonds. The Kier molecular flexibility index (Phi) is 5.91. The van der Waals surface area contributed by atoms with Gasteiger partial charge in [-0.25, -0.2) is 14.1 Å². The van der Waals surface area contributed by atoms with Gasteiger partial charge in [0.25, 0.3) is 5.91 Å². The van der Waals surface area contributed by atoms with Crippen LogP contribution in [-0.4, -0.2) is 64.7 Å². The number of anilines is 1. The number of fused-ring (bicyclic) bond motifs is 1. The van der Waals surface area contributed by atoms with Crippen molar-refractivity contribution in [3.05, 3.63) is 47.0 Å². The van der Waals surface area contributed by atoms with Crippen molar-refractivity contribution in [2.75, 3.05) is 5.12 Å². The molecule has 2 fully saturated rings. The van der Waals surface area contributed by atoms with Gasteiger partial charge < -0.3 is 15.1 Å². The fraction of sp³-hybridized carbons (Fsp3) is 0.455. The zero-order chi connectivity index (χ0) is 28.2. The number of carbonyl (C=O) groups is 2. The van der Waals surface area contributed by atoms with E-state index in [0.29, 0.717) is 11.4 Å². The number of hydrogen-bond donors (Lipinski definition) is 2. The van der Waals surface area contributed by atoms with Crippen LogP contribution in [0.3, 0.4) is 0 Å². The topological polar surface area (TPSA) is 169 Å². The maximum absolute atomic E-state index is 15.6. The molecule has 1 unspecified atom stereocenters. The van der Waals surface area contributed by atoms with Crippen LogP contribution in [0.4, 0.5) is 23.7 Å². The highest BCUT2D eigenvalue weighted by Crippen LogP contribution is 2.41. The largest absolute Gasteiger partial charge is 0.408 e. The van der Waals surface area contributed by atoms with Crippen molar-refractivity contribution >= 4 is 23.5 Å². The van der Waals surface area contributed by atoms with Crippen molar-refractivity contribution in [2.45, 2.75) is 62.8 Å². The van der Waals surface area contributed by atoms with E-state index in [1.165, 1.54) is 29.9 Å². The van der Waals surface area contributed by atoms with Gasteiger partial charge in [0, 0.05) is 25.7 Å². The lowest BCUT2D eigenvalue weighted by atomic mass is 9.87. The lowest BCUT2D eigenvalue weighted by Gasteiger charge is -2.30. The predicted molar refractivity (Wildman–Crippen MR) is 122 cm³/mol. The molecule has 0 radical (unpaired) electrons. The first-order valence-corrected chi connectivity index (χ1v) is 12.1. The first-order valence-electron chi connectivity index (χ1n) is 12.1. The summed E-state index contributed by atoms with van der Waals surface area (Å²) in [5, 5.41) is 22.9. The third kappa shape index (κ3) is 4.58. The van der Waals surface area contributed by atoms with E-state index in [4.69, 9.17) is 9.05 Å². The van der Waals surface area contributed by atoms with Gasteiger partial charge in [0.05, 0.1) is 24.6 Å². The Morgan fingerprint density at radius 2 is 2.10 bits per heavy atom. The summed E-state index contributed by atoms with van der Waals surface area (Å²) in [4.78, 5) is 29.8. The van der Waals surface area contributed by atoms with E-state index in [1.807, 2.05) is 5.32 Å². The van der Waals surface area contributed by atoms with Crippen LogP contribution in [0.5, 0.6) is 0 Å². The number of nitrogens with one attached hydrogen (secondary N) is 2. The monoisotopic (exact) mass is 564 g/mol. The zero-order valence-electron chi connectivity index (χ0n) is 20.6. The Balaban J connectivity index is 1.23. The Morgan fingerprint density at radius 1 is 1.30 bits per heavy atom. The summed E-state index contributed by atoms with van der Waals surface area (Å²) in [5.74, 6) is -1.57. The number of aromatic nitrogens is 7. The molecule has 1 saturated carbocycles. The molecule has 210 valence electrons. The first-order chi connectivity index (χ1) is 19.0. The number of amides is 2. The number of alkyl halides is 3. The average molecular weight is 564 g/mol. The van der Waals surface area contributed by atoms with E-state index in [9.17, 15) is 22.8 Å². The summed E-state index contributed by atoms with van der Waals surface area (Å²) in [7, 11) is 0. The Bertz CT molecular complexity index is 1600. The minimum atomic E-state index is -4.81. The molecule has 1 aliphatic carbocycles. The molecule has 18 heteroatoms. The van der Waals surface area contributed by atoms with Crippen LogP contribution in [-0.2, 0) is 17.8 Å². The molecule has 40 heavy (non-hydrogen) atoms. The average Bonchev–Trinajstić information content (AvgIpc) is 3.25. The highest BCUT2D eigenvalue weighted by molar-refractivity contribution is 5.93. The quantitative estimate of drug-likeness (QED) is 0.236. The van der Waals surface area contributed by atoms with Crippen LogP contribution in [0.15, 0.2) is 27.5 Å². The SMILES string of the molecule is Cc1nnc(N(F)[C@]2(Cc3cnn4cc(CNC(=O)c5nonc5C5CC5)nc4c3)CC(C(F)(F)F)NC2=O)o1. The molecule has 4 aromatic heterocycles. The van der Waals surface area contributed by atoms with Crippen LogP contribution in [0.1, 0.15) is 58.5 Å².